The van der Waals surface area contributed by atoms with E-state index in [0.717, 1.165) is 0 Å². The van der Waals surface area contributed by atoms with Crippen molar-refractivity contribution in [2.75, 3.05) is 6.61 Å². The number of nitro groups is 1. The molecule has 0 spiro atoms. The van der Waals surface area contributed by atoms with Crippen molar-refractivity contribution in [2.24, 2.45) is 0 Å². The fourth-order valence-electron chi connectivity index (χ4n) is 1.64. The summed E-state index contributed by atoms with van der Waals surface area (Å²) in [5, 5.41) is 20.0. The first kappa shape index (κ1) is 13.6. The Labute approximate surface area is 104 Å². The second-order valence-corrected chi connectivity index (χ2v) is 3.58. The summed E-state index contributed by atoms with van der Waals surface area (Å²) in [5.74, 6) is -2.04. The lowest BCUT2D eigenvalue weighted by Gasteiger charge is -2.10. The highest BCUT2D eigenvalue weighted by Crippen LogP contribution is 2.30. The van der Waals surface area contributed by atoms with Crippen LogP contribution < -0.4 is 0 Å². The molecule has 0 aliphatic heterocycles. The molecular weight excluding hydrogens is 236 g/mol. The second kappa shape index (κ2) is 5.77. The van der Waals surface area contributed by atoms with E-state index < -0.39 is 16.8 Å². The Morgan fingerprint density at radius 3 is 2.78 bits per heavy atom. The van der Waals surface area contributed by atoms with Gasteiger partial charge in [0.25, 0.3) is 5.69 Å². The number of ether oxygens (including phenoxy) is 1. The van der Waals surface area contributed by atoms with Gasteiger partial charge in [0.15, 0.2) is 5.92 Å². The molecule has 1 unspecified atom stereocenters. The summed E-state index contributed by atoms with van der Waals surface area (Å²) in [6, 6.07) is 6.27. The van der Waals surface area contributed by atoms with Gasteiger partial charge in [0.05, 0.1) is 23.2 Å². The third-order valence-corrected chi connectivity index (χ3v) is 2.41. The van der Waals surface area contributed by atoms with Crippen molar-refractivity contribution in [2.45, 2.75) is 19.8 Å². The molecule has 18 heavy (non-hydrogen) atoms. The minimum atomic E-state index is -1.27. The minimum Gasteiger partial charge on any atom is -0.465 e. The van der Waals surface area contributed by atoms with Crippen LogP contribution in [-0.4, -0.2) is 17.5 Å². The number of carbonyl (C=O) groups excluding carboxylic acids is 1. The minimum absolute atomic E-state index is 0.0703. The van der Waals surface area contributed by atoms with Gasteiger partial charge in [-0.3, -0.25) is 14.9 Å². The highest BCUT2D eigenvalue weighted by molar-refractivity contribution is 5.83. The summed E-state index contributed by atoms with van der Waals surface area (Å²) >= 11 is 0. The van der Waals surface area contributed by atoms with Gasteiger partial charge in [-0.15, -0.1) is 0 Å². The lowest BCUT2D eigenvalue weighted by molar-refractivity contribution is -0.386. The van der Waals surface area contributed by atoms with Gasteiger partial charge in [0, 0.05) is 5.56 Å². The molecule has 0 amide bonds. The van der Waals surface area contributed by atoms with Gasteiger partial charge in [-0.2, -0.15) is 5.26 Å². The molecule has 94 valence electrons. The third-order valence-electron chi connectivity index (χ3n) is 2.41. The number of para-hydroxylation sites is 1. The van der Waals surface area contributed by atoms with Crippen molar-refractivity contribution in [1.29, 1.82) is 5.26 Å². The molecule has 0 bridgehead atoms. The van der Waals surface area contributed by atoms with E-state index in [9.17, 15) is 14.9 Å². The zero-order valence-electron chi connectivity index (χ0n) is 10.0. The van der Waals surface area contributed by atoms with E-state index >= 15 is 0 Å². The van der Waals surface area contributed by atoms with Crippen LogP contribution in [0.5, 0.6) is 0 Å². The molecule has 6 nitrogen and oxygen atoms in total. The first-order valence-electron chi connectivity index (χ1n) is 5.33. The van der Waals surface area contributed by atoms with Crippen molar-refractivity contribution in [3.05, 3.63) is 39.4 Å². The molecular formula is C12H12N2O4. The molecule has 0 N–H and O–H groups in total. The number of hydrogen-bond acceptors (Lipinski definition) is 5. The molecule has 1 aromatic rings. The number of nitriles is 1. The van der Waals surface area contributed by atoms with Gasteiger partial charge < -0.3 is 4.74 Å². The second-order valence-electron chi connectivity index (χ2n) is 3.58. The fourth-order valence-corrected chi connectivity index (χ4v) is 1.64. The van der Waals surface area contributed by atoms with Crippen LogP contribution in [0.4, 0.5) is 5.69 Å². The summed E-state index contributed by atoms with van der Waals surface area (Å²) < 4.78 is 4.74. The number of benzene rings is 1. The van der Waals surface area contributed by atoms with E-state index in [1.807, 2.05) is 0 Å². The van der Waals surface area contributed by atoms with E-state index in [-0.39, 0.29) is 17.9 Å². The maximum atomic E-state index is 11.6. The molecule has 0 aliphatic rings. The van der Waals surface area contributed by atoms with Gasteiger partial charge >= 0.3 is 5.97 Å². The van der Waals surface area contributed by atoms with Crippen molar-refractivity contribution < 1.29 is 14.5 Å². The van der Waals surface area contributed by atoms with Crippen molar-refractivity contribution >= 4 is 11.7 Å². The predicted octanol–water partition coefficient (Wildman–Crippen LogP) is 2.07. The van der Waals surface area contributed by atoms with Crippen LogP contribution >= 0.6 is 0 Å². The number of nitrogens with zero attached hydrogens (tertiary/aromatic N) is 2. The molecule has 0 aliphatic carbocycles. The summed E-state index contributed by atoms with van der Waals surface area (Å²) in [5.41, 5.74) is 0.264. The standard InChI is InChI=1S/C12H12N2O4/c1-3-18-12(15)10(7-13)9-6-4-5-8(2)11(9)14(16)17/h4-6,10H,3H2,1-2H3. The monoisotopic (exact) mass is 248 g/mol. The average Bonchev–Trinajstić information content (AvgIpc) is 2.29. The van der Waals surface area contributed by atoms with Crippen molar-refractivity contribution in [3.8, 4) is 6.07 Å². The van der Waals surface area contributed by atoms with E-state index in [1.54, 1.807) is 32.0 Å². The maximum Gasteiger partial charge on any atom is 0.328 e. The van der Waals surface area contributed by atoms with Crippen molar-refractivity contribution in [3.63, 3.8) is 0 Å². The Hall–Kier alpha value is -2.42. The van der Waals surface area contributed by atoms with Crippen LogP contribution in [0, 0.1) is 28.4 Å². The van der Waals surface area contributed by atoms with Crippen LogP contribution in [0.15, 0.2) is 18.2 Å². The highest BCUT2D eigenvalue weighted by Gasteiger charge is 2.30. The summed E-state index contributed by atoms with van der Waals surface area (Å²) in [6.07, 6.45) is 0. The Balaban J connectivity index is 3.31. The molecule has 1 atom stereocenters. The normalized spacial score (nSPS) is 11.4. The van der Waals surface area contributed by atoms with E-state index in [1.165, 1.54) is 6.07 Å². The number of nitro benzene ring substituents is 1. The molecule has 1 rings (SSSR count). The highest BCUT2D eigenvalue weighted by atomic mass is 16.6. The SMILES string of the molecule is CCOC(=O)C(C#N)c1cccc(C)c1[N+](=O)[O-]. The lowest BCUT2D eigenvalue weighted by Crippen LogP contribution is -2.16. The molecule has 0 saturated carbocycles. The Morgan fingerprint density at radius 2 is 2.28 bits per heavy atom. The summed E-state index contributed by atoms with van der Waals surface area (Å²) in [6.45, 7) is 3.29. The number of carbonyl (C=O) groups is 1. The predicted molar refractivity (Wildman–Crippen MR) is 62.8 cm³/mol. The molecule has 1 aromatic carbocycles. The zero-order valence-corrected chi connectivity index (χ0v) is 10.0. The Morgan fingerprint density at radius 1 is 1.61 bits per heavy atom. The molecule has 6 heteroatoms. The maximum absolute atomic E-state index is 11.6. The largest absolute Gasteiger partial charge is 0.465 e. The summed E-state index contributed by atoms with van der Waals surface area (Å²) in [7, 11) is 0. The number of rotatable bonds is 4. The third kappa shape index (κ3) is 2.63. The fraction of sp³-hybridized carbons (Fsp3) is 0.333. The average molecular weight is 248 g/mol. The van der Waals surface area contributed by atoms with Gasteiger partial charge in [-0.25, -0.2) is 0 Å². The van der Waals surface area contributed by atoms with Crippen molar-refractivity contribution in [1.82, 2.24) is 0 Å². The Bertz CT molecular complexity index is 519. The van der Waals surface area contributed by atoms with E-state index in [0.29, 0.717) is 5.56 Å². The smallest absolute Gasteiger partial charge is 0.328 e. The van der Waals surface area contributed by atoms with E-state index in [4.69, 9.17) is 10.00 Å². The van der Waals surface area contributed by atoms with Gasteiger partial charge in [0.1, 0.15) is 0 Å². The van der Waals surface area contributed by atoms with Crippen LogP contribution in [0.2, 0.25) is 0 Å². The quantitative estimate of drug-likeness (QED) is 0.462. The summed E-state index contributed by atoms with van der Waals surface area (Å²) in [4.78, 5) is 22.0. The van der Waals surface area contributed by atoms with Crippen LogP contribution in [-0.2, 0) is 9.53 Å². The Kier molecular flexibility index (Phi) is 4.38. The number of esters is 1. The van der Waals surface area contributed by atoms with Gasteiger partial charge in [-0.1, -0.05) is 18.2 Å². The first-order valence-corrected chi connectivity index (χ1v) is 5.33. The van der Waals surface area contributed by atoms with Crippen LogP contribution in [0.3, 0.4) is 0 Å². The molecule has 0 fully saturated rings. The molecule has 0 radical (unpaired) electrons. The van der Waals surface area contributed by atoms with Gasteiger partial charge in [0.2, 0.25) is 0 Å². The lowest BCUT2D eigenvalue weighted by atomic mass is 9.96. The molecule has 0 aromatic heterocycles. The van der Waals surface area contributed by atoms with Gasteiger partial charge in [-0.05, 0) is 13.8 Å². The zero-order chi connectivity index (χ0) is 13.7. The number of aryl methyl sites for hydroxylation is 1. The van der Waals surface area contributed by atoms with Crippen LogP contribution in [0.1, 0.15) is 24.0 Å². The molecule has 0 saturated heterocycles. The molecule has 0 heterocycles. The topological polar surface area (TPSA) is 93.2 Å². The van der Waals surface area contributed by atoms with E-state index in [2.05, 4.69) is 0 Å². The number of hydrogen-bond donors (Lipinski definition) is 0. The van der Waals surface area contributed by atoms with Crippen LogP contribution in [0.25, 0.3) is 0 Å². The first-order chi connectivity index (χ1) is 8.52.